The number of carbonyl (C=O) groups is 1. The van der Waals surface area contributed by atoms with E-state index in [0.29, 0.717) is 24.1 Å². The van der Waals surface area contributed by atoms with Crippen molar-refractivity contribution in [3.8, 4) is 0 Å². The van der Waals surface area contributed by atoms with Crippen molar-refractivity contribution in [1.29, 1.82) is 0 Å². The van der Waals surface area contributed by atoms with Gasteiger partial charge in [0, 0.05) is 11.8 Å². The highest BCUT2D eigenvalue weighted by Crippen LogP contribution is 2.36. The molecule has 0 aromatic carbocycles. The molecule has 2 N–H and O–H groups in total. The molecule has 1 aliphatic rings. The van der Waals surface area contributed by atoms with E-state index < -0.39 is 0 Å². The molecule has 1 saturated carbocycles. The molecular formula is C12H20N4O3S. The number of H-pyrrole nitrogens is 1. The third-order valence-corrected chi connectivity index (χ3v) is 4.03. The number of esters is 1. The van der Waals surface area contributed by atoms with E-state index >= 15 is 0 Å². The Morgan fingerprint density at radius 2 is 2.35 bits per heavy atom. The van der Waals surface area contributed by atoms with Gasteiger partial charge in [0.25, 0.3) is 0 Å². The molecule has 1 atom stereocenters. The maximum atomic E-state index is 11.8. The summed E-state index contributed by atoms with van der Waals surface area (Å²) in [4.78, 5) is 23.4. The zero-order chi connectivity index (χ0) is 14.5. The Labute approximate surface area is 121 Å². The van der Waals surface area contributed by atoms with Gasteiger partial charge in [-0.1, -0.05) is 18.7 Å². The van der Waals surface area contributed by atoms with E-state index in [4.69, 9.17) is 4.74 Å². The van der Waals surface area contributed by atoms with Crippen LogP contribution in [0.15, 0.2) is 9.95 Å². The van der Waals surface area contributed by atoms with Gasteiger partial charge in [0.15, 0.2) is 5.16 Å². The quantitative estimate of drug-likeness (QED) is 0.538. The maximum Gasteiger partial charge on any atom is 0.344 e. The minimum atomic E-state index is -0.385. The second-order valence-electron chi connectivity index (χ2n) is 4.59. The van der Waals surface area contributed by atoms with Gasteiger partial charge in [-0.15, -0.1) is 5.10 Å². The van der Waals surface area contributed by atoms with Crippen LogP contribution in [0.2, 0.25) is 0 Å². The number of likely N-dealkylation sites (N-methyl/N-ethyl adjacent to an activating group) is 1. The lowest BCUT2D eigenvalue weighted by Crippen LogP contribution is -2.40. The zero-order valence-electron chi connectivity index (χ0n) is 11.7. The van der Waals surface area contributed by atoms with Gasteiger partial charge in [0.1, 0.15) is 6.04 Å². The first-order valence-corrected chi connectivity index (χ1v) is 7.85. The second kappa shape index (κ2) is 6.94. The molecule has 1 heterocycles. The Morgan fingerprint density at radius 3 is 2.95 bits per heavy atom. The van der Waals surface area contributed by atoms with Gasteiger partial charge in [0.05, 0.1) is 6.61 Å². The van der Waals surface area contributed by atoms with Crippen LogP contribution >= 0.6 is 11.8 Å². The van der Waals surface area contributed by atoms with E-state index in [1.807, 2.05) is 6.92 Å². The average Bonchev–Trinajstić information content (AvgIpc) is 3.19. The van der Waals surface area contributed by atoms with Crippen molar-refractivity contribution in [3.63, 3.8) is 0 Å². The highest BCUT2D eigenvalue weighted by Gasteiger charge is 2.29. The molecule has 8 heteroatoms. The fourth-order valence-electron chi connectivity index (χ4n) is 1.90. The van der Waals surface area contributed by atoms with Crippen molar-refractivity contribution in [2.75, 3.05) is 18.9 Å². The number of nitrogens with one attached hydrogen (secondary N) is 2. The largest absolute Gasteiger partial charge is 0.465 e. The molecule has 0 aliphatic heterocycles. The maximum absolute atomic E-state index is 11.8. The van der Waals surface area contributed by atoms with Crippen molar-refractivity contribution in [2.45, 2.75) is 43.9 Å². The number of carbonyl (C=O) groups excluding carboxylic acids is 1. The van der Waals surface area contributed by atoms with Crippen LogP contribution in [-0.4, -0.2) is 45.7 Å². The molecule has 1 fully saturated rings. The first kappa shape index (κ1) is 15.1. The molecule has 0 amide bonds. The predicted molar refractivity (Wildman–Crippen MR) is 75.9 cm³/mol. The molecule has 0 saturated heterocycles. The molecule has 1 aliphatic carbocycles. The Bertz CT molecular complexity index is 509. The molecule has 1 unspecified atom stereocenters. The Kier molecular flexibility index (Phi) is 5.24. The van der Waals surface area contributed by atoms with Gasteiger partial charge < -0.3 is 10.1 Å². The lowest BCUT2D eigenvalue weighted by molar-refractivity contribution is -0.144. The highest BCUT2D eigenvalue weighted by molar-refractivity contribution is 7.99. The summed E-state index contributed by atoms with van der Waals surface area (Å²) in [6.07, 6.45) is 2.03. The van der Waals surface area contributed by atoms with Crippen molar-refractivity contribution < 1.29 is 9.53 Å². The molecule has 1 aromatic rings. The van der Waals surface area contributed by atoms with Gasteiger partial charge in [-0.2, -0.15) is 0 Å². The number of ether oxygens (including phenoxy) is 1. The van der Waals surface area contributed by atoms with E-state index in [2.05, 4.69) is 15.5 Å². The molecule has 0 radical (unpaired) electrons. The number of thioether (sulfide) groups is 1. The minimum absolute atomic E-state index is 0.175. The van der Waals surface area contributed by atoms with Gasteiger partial charge in [-0.25, -0.2) is 9.89 Å². The van der Waals surface area contributed by atoms with Gasteiger partial charge in [-0.05, 0) is 26.3 Å². The number of aromatic amines is 1. The van der Waals surface area contributed by atoms with Crippen LogP contribution in [0, 0.1) is 0 Å². The van der Waals surface area contributed by atoms with E-state index in [1.165, 1.54) is 11.8 Å². The summed E-state index contributed by atoms with van der Waals surface area (Å²) in [6.45, 7) is 4.76. The Morgan fingerprint density at radius 1 is 1.60 bits per heavy atom. The minimum Gasteiger partial charge on any atom is -0.465 e. The van der Waals surface area contributed by atoms with Gasteiger partial charge in [0.2, 0.25) is 0 Å². The fourth-order valence-corrected chi connectivity index (χ4v) is 2.96. The number of rotatable bonds is 8. The van der Waals surface area contributed by atoms with Gasteiger partial charge in [-0.3, -0.25) is 9.36 Å². The van der Waals surface area contributed by atoms with Crippen LogP contribution in [0.3, 0.4) is 0 Å². The Hall–Kier alpha value is -1.28. The number of aromatic nitrogens is 3. The van der Waals surface area contributed by atoms with E-state index in [9.17, 15) is 9.59 Å². The molecule has 1 aromatic heterocycles. The molecule has 0 spiro atoms. The predicted octanol–water partition coefficient (Wildman–Crippen LogP) is 0.540. The topological polar surface area (TPSA) is 89.0 Å². The standard InChI is InChI=1S/C12H20N4O3S/c1-3-13-9(10(17)19-4-2)7-20-12-15-14-11(18)16(12)8-5-6-8/h8-9,13H,3-7H2,1-2H3,(H,14,18). The summed E-state index contributed by atoms with van der Waals surface area (Å²) in [5, 5.41) is 10.2. The highest BCUT2D eigenvalue weighted by atomic mass is 32.2. The first-order valence-electron chi connectivity index (χ1n) is 6.87. The lowest BCUT2D eigenvalue weighted by Gasteiger charge is -2.15. The first-order chi connectivity index (χ1) is 9.67. The van der Waals surface area contributed by atoms with Gasteiger partial charge >= 0.3 is 11.7 Å². The molecule has 2 rings (SSSR count). The molecule has 7 nitrogen and oxygen atoms in total. The SMILES string of the molecule is CCNC(CSc1n[nH]c(=O)n1C1CC1)C(=O)OCC. The molecule has 0 bridgehead atoms. The van der Waals surface area contributed by atoms with Crippen molar-refractivity contribution in [3.05, 3.63) is 10.5 Å². The summed E-state index contributed by atoms with van der Waals surface area (Å²) in [6, 6.07) is -0.117. The fraction of sp³-hybridized carbons (Fsp3) is 0.750. The normalized spacial score (nSPS) is 16.1. The van der Waals surface area contributed by atoms with Crippen LogP contribution in [0.5, 0.6) is 0 Å². The average molecular weight is 300 g/mol. The third kappa shape index (κ3) is 3.63. The monoisotopic (exact) mass is 300 g/mol. The molecule has 112 valence electrons. The van der Waals surface area contributed by atoms with Crippen molar-refractivity contribution in [2.24, 2.45) is 0 Å². The Balaban J connectivity index is 1.98. The van der Waals surface area contributed by atoms with Crippen molar-refractivity contribution in [1.82, 2.24) is 20.1 Å². The zero-order valence-corrected chi connectivity index (χ0v) is 12.5. The van der Waals surface area contributed by atoms with Crippen LogP contribution < -0.4 is 11.0 Å². The van der Waals surface area contributed by atoms with E-state index in [0.717, 1.165) is 12.8 Å². The van der Waals surface area contributed by atoms with E-state index in [1.54, 1.807) is 11.5 Å². The lowest BCUT2D eigenvalue weighted by atomic mass is 10.3. The van der Waals surface area contributed by atoms with Crippen molar-refractivity contribution >= 4 is 17.7 Å². The van der Waals surface area contributed by atoms with E-state index in [-0.39, 0.29) is 23.7 Å². The van der Waals surface area contributed by atoms with Crippen LogP contribution in [0.25, 0.3) is 0 Å². The number of hydrogen-bond donors (Lipinski definition) is 2. The summed E-state index contributed by atoms with van der Waals surface area (Å²) in [5.41, 5.74) is -0.175. The summed E-state index contributed by atoms with van der Waals surface area (Å²) in [7, 11) is 0. The summed E-state index contributed by atoms with van der Waals surface area (Å²) in [5.74, 6) is 0.224. The van der Waals surface area contributed by atoms with Crippen LogP contribution in [-0.2, 0) is 9.53 Å². The molecule has 20 heavy (non-hydrogen) atoms. The molecular weight excluding hydrogens is 280 g/mol. The second-order valence-corrected chi connectivity index (χ2v) is 5.57. The third-order valence-electron chi connectivity index (χ3n) is 2.98. The summed E-state index contributed by atoms with van der Waals surface area (Å²) < 4.78 is 6.71. The number of nitrogens with zero attached hydrogens (tertiary/aromatic N) is 2. The number of hydrogen-bond acceptors (Lipinski definition) is 6. The van der Waals surface area contributed by atoms with Crippen LogP contribution in [0.1, 0.15) is 32.7 Å². The smallest absolute Gasteiger partial charge is 0.344 e. The van der Waals surface area contributed by atoms with Crippen LogP contribution in [0.4, 0.5) is 0 Å². The summed E-state index contributed by atoms with van der Waals surface area (Å²) >= 11 is 1.40.